The lowest BCUT2D eigenvalue weighted by atomic mass is 9.96. The van der Waals surface area contributed by atoms with Gasteiger partial charge in [0.1, 0.15) is 0 Å². The van der Waals surface area contributed by atoms with Gasteiger partial charge >= 0.3 is 0 Å². The number of hydrogen-bond donors (Lipinski definition) is 1. The minimum absolute atomic E-state index is 0.00966. The highest BCUT2D eigenvalue weighted by atomic mass is 16.2. The molecule has 1 saturated heterocycles. The van der Waals surface area contributed by atoms with Gasteiger partial charge in [0.15, 0.2) is 5.78 Å². The van der Waals surface area contributed by atoms with Gasteiger partial charge in [0.05, 0.1) is 0 Å². The second-order valence-corrected chi connectivity index (χ2v) is 5.55. The second-order valence-electron chi connectivity index (χ2n) is 5.55. The largest absolute Gasteiger partial charge is 0.334 e. The number of nitrogens with zero attached hydrogens (tertiary/aromatic N) is 1. The fourth-order valence-corrected chi connectivity index (χ4v) is 2.77. The van der Waals surface area contributed by atoms with Crippen molar-refractivity contribution in [3.63, 3.8) is 0 Å². The van der Waals surface area contributed by atoms with Crippen LogP contribution in [0.1, 0.15) is 53.8 Å². The standard InChI is InChI=1S/C16H22N2O2/c1-11(17)15-5-3-4-10-18(15)16(20)14-8-6-13(7-9-14)12(2)19/h6-9,11,15H,3-5,10,17H2,1-2H3. The molecule has 4 heteroatoms. The normalized spacial score (nSPS) is 20.6. The Labute approximate surface area is 119 Å². The first-order valence-corrected chi connectivity index (χ1v) is 7.18. The summed E-state index contributed by atoms with van der Waals surface area (Å²) >= 11 is 0. The number of carbonyl (C=O) groups excluding carboxylic acids is 2. The topological polar surface area (TPSA) is 63.4 Å². The molecule has 1 fully saturated rings. The number of hydrogen-bond acceptors (Lipinski definition) is 3. The van der Waals surface area contributed by atoms with Crippen LogP contribution < -0.4 is 5.73 Å². The molecule has 0 saturated carbocycles. The van der Waals surface area contributed by atoms with Gasteiger partial charge in [0.2, 0.25) is 0 Å². The van der Waals surface area contributed by atoms with Crippen LogP contribution in [-0.2, 0) is 0 Å². The number of amides is 1. The Morgan fingerprint density at radius 2 is 1.80 bits per heavy atom. The highest BCUT2D eigenvalue weighted by Gasteiger charge is 2.29. The van der Waals surface area contributed by atoms with Crippen molar-refractivity contribution in [2.24, 2.45) is 5.73 Å². The molecule has 1 amide bonds. The number of rotatable bonds is 3. The molecule has 1 aliphatic heterocycles. The van der Waals surface area contributed by atoms with Crippen molar-refractivity contribution in [3.05, 3.63) is 35.4 Å². The van der Waals surface area contributed by atoms with Crippen molar-refractivity contribution in [3.8, 4) is 0 Å². The number of benzene rings is 1. The molecule has 2 rings (SSSR count). The molecule has 108 valence electrons. The molecule has 1 aliphatic rings. The molecule has 2 unspecified atom stereocenters. The third kappa shape index (κ3) is 3.07. The fourth-order valence-electron chi connectivity index (χ4n) is 2.77. The van der Waals surface area contributed by atoms with E-state index in [1.807, 2.05) is 11.8 Å². The van der Waals surface area contributed by atoms with E-state index in [1.54, 1.807) is 24.3 Å². The third-order valence-corrected chi connectivity index (χ3v) is 3.96. The molecular weight excluding hydrogens is 252 g/mol. The number of ketones is 1. The molecule has 1 aromatic carbocycles. The zero-order valence-electron chi connectivity index (χ0n) is 12.1. The number of nitrogens with two attached hydrogens (primary N) is 1. The van der Waals surface area contributed by atoms with Crippen LogP contribution in [0.3, 0.4) is 0 Å². The van der Waals surface area contributed by atoms with Crippen LogP contribution in [0, 0.1) is 0 Å². The van der Waals surface area contributed by atoms with E-state index in [1.165, 1.54) is 6.92 Å². The Hall–Kier alpha value is -1.68. The van der Waals surface area contributed by atoms with E-state index in [4.69, 9.17) is 5.73 Å². The van der Waals surface area contributed by atoms with Crippen LogP contribution >= 0.6 is 0 Å². The van der Waals surface area contributed by atoms with E-state index < -0.39 is 0 Å². The number of carbonyl (C=O) groups is 2. The van der Waals surface area contributed by atoms with Crippen LogP contribution in [0.4, 0.5) is 0 Å². The van der Waals surface area contributed by atoms with Crippen molar-refractivity contribution < 1.29 is 9.59 Å². The minimum Gasteiger partial charge on any atom is -0.334 e. The molecule has 0 spiro atoms. The second kappa shape index (κ2) is 6.18. The smallest absolute Gasteiger partial charge is 0.254 e. The first-order chi connectivity index (χ1) is 9.50. The Morgan fingerprint density at radius 1 is 1.20 bits per heavy atom. The predicted molar refractivity (Wildman–Crippen MR) is 78.8 cm³/mol. The average molecular weight is 274 g/mol. The third-order valence-electron chi connectivity index (χ3n) is 3.96. The summed E-state index contributed by atoms with van der Waals surface area (Å²) < 4.78 is 0. The van der Waals surface area contributed by atoms with Crippen molar-refractivity contribution in [2.75, 3.05) is 6.54 Å². The molecular formula is C16H22N2O2. The molecule has 1 heterocycles. The summed E-state index contributed by atoms with van der Waals surface area (Å²) in [6, 6.07) is 6.97. The van der Waals surface area contributed by atoms with Crippen LogP contribution in [-0.4, -0.2) is 35.2 Å². The van der Waals surface area contributed by atoms with Crippen molar-refractivity contribution in [2.45, 2.75) is 45.2 Å². The van der Waals surface area contributed by atoms with E-state index in [-0.39, 0.29) is 23.8 Å². The lowest BCUT2D eigenvalue weighted by molar-refractivity contribution is 0.0583. The zero-order valence-corrected chi connectivity index (χ0v) is 12.1. The summed E-state index contributed by atoms with van der Waals surface area (Å²) in [7, 11) is 0. The summed E-state index contributed by atoms with van der Waals surface area (Å²) in [4.78, 5) is 25.7. The van der Waals surface area contributed by atoms with E-state index in [2.05, 4.69) is 0 Å². The molecule has 1 aromatic rings. The minimum atomic E-state index is -0.0178. The van der Waals surface area contributed by atoms with Gasteiger partial charge in [-0.25, -0.2) is 0 Å². The highest BCUT2D eigenvalue weighted by molar-refractivity contribution is 5.97. The molecule has 2 N–H and O–H groups in total. The molecule has 20 heavy (non-hydrogen) atoms. The quantitative estimate of drug-likeness (QED) is 0.860. The van der Waals surface area contributed by atoms with Crippen molar-refractivity contribution in [1.29, 1.82) is 0 Å². The summed E-state index contributed by atoms with van der Waals surface area (Å²) in [5.41, 5.74) is 7.25. The van der Waals surface area contributed by atoms with Crippen molar-refractivity contribution >= 4 is 11.7 Å². The molecule has 4 nitrogen and oxygen atoms in total. The Balaban J connectivity index is 2.18. The predicted octanol–water partition coefficient (Wildman–Crippen LogP) is 2.23. The summed E-state index contributed by atoms with van der Waals surface area (Å²) in [5, 5.41) is 0. The Kier molecular flexibility index (Phi) is 4.55. The van der Waals surface area contributed by atoms with Gasteiger partial charge in [-0.15, -0.1) is 0 Å². The molecule has 0 bridgehead atoms. The lowest BCUT2D eigenvalue weighted by Crippen LogP contribution is -2.51. The number of likely N-dealkylation sites (tertiary alicyclic amines) is 1. The summed E-state index contributed by atoms with van der Waals surface area (Å²) in [6.45, 7) is 4.24. The van der Waals surface area contributed by atoms with Crippen LogP contribution in [0.15, 0.2) is 24.3 Å². The maximum Gasteiger partial charge on any atom is 0.254 e. The van der Waals surface area contributed by atoms with E-state index in [0.717, 1.165) is 25.8 Å². The van der Waals surface area contributed by atoms with Gasteiger partial charge < -0.3 is 10.6 Å². The maximum absolute atomic E-state index is 12.6. The SMILES string of the molecule is CC(=O)c1ccc(C(=O)N2CCCCC2C(C)N)cc1. The van der Waals surface area contributed by atoms with E-state index in [9.17, 15) is 9.59 Å². The molecule has 0 aromatic heterocycles. The Morgan fingerprint density at radius 3 is 2.35 bits per heavy atom. The van der Waals surface area contributed by atoms with Gasteiger partial charge in [-0.3, -0.25) is 9.59 Å². The van der Waals surface area contributed by atoms with Crippen LogP contribution in [0.5, 0.6) is 0 Å². The van der Waals surface area contributed by atoms with Gasteiger partial charge in [-0.05, 0) is 45.2 Å². The molecule has 2 atom stereocenters. The van der Waals surface area contributed by atoms with Gasteiger partial charge in [0.25, 0.3) is 5.91 Å². The van der Waals surface area contributed by atoms with Gasteiger partial charge in [-0.1, -0.05) is 12.1 Å². The maximum atomic E-state index is 12.6. The zero-order chi connectivity index (χ0) is 14.7. The summed E-state index contributed by atoms with van der Waals surface area (Å²) in [5.74, 6) is 0.0255. The van der Waals surface area contributed by atoms with E-state index >= 15 is 0 Å². The van der Waals surface area contributed by atoms with Crippen LogP contribution in [0.25, 0.3) is 0 Å². The highest BCUT2D eigenvalue weighted by Crippen LogP contribution is 2.21. The van der Waals surface area contributed by atoms with Gasteiger partial charge in [0, 0.05) is 29.8 Å². The Bertz CT molecular complexity index is 494. The molecule has 0 radical (unpaired) electrons. The fraction of sp³-hybridized carbons (Fsp3) is 0.500. The van der Waals surface area contributed by atoms with Gasteiger partial charge in [-0.2, -0.15) is 0 Å². The first-order valence-electron chi connectivity index (χ1n) is 7.18. The van der Waals surface area contributed by atoms with Crippen LogP contribution in [0.2, 0.25) is 0 Å². The average Bonchev–Trinajstić information content (AvgIpc) is 2.46. The number of piperidine rings is 1. The van der Waals surface area contributed by atoms with Crippen molar-refractivity contribution in [1.82, 2.24) is 4.90 Å². The monoisotopic (exact) mass is 274 g/mol. The summed E-state index contributed by atoms with van der Waals surface area (Å²) in [6.07, 6.45) is 3.12. The lowest BCUT2D eigenvalue weighted by Gasteiger charge is -2.38. The first kappa shape index (κ1) is 14.7. The molecule has 0 aliphatic carbocycles. The number of Topliss-reactive ketones (excluding diaryl/α,β-unsaturated/α-hetero) is 1. The van der Waals surface area contributed by atoms with E-state index in [0.29, 0.717) is 11.1 Å².